The standard InChI is InChI=1S/C27H29N5O2/c1-3-22-17-34-18-24(12-15-33)31(22)16-20-4-6-23(7-5-20)32-19(2)29-26-9-8-25(30-27(26)32)21-10-13-28-14-11-21/h4-11,13-15,22,24H,3,12,16-18H2,1-2H3. The van der Waals surface area contributed by atoms with E-state index in [2.05, 4.69) is 45.6 Å². The van der Waals surface area contributed by atoms with E-state index in [4.69, 9.17) is 14.7 Å². The van der Waals surface area contributed by atoms with Crippen LogP contribution in [0.4, 0.5) is 0 Å². The molecule has 1 aliphatic rings. The summed E-state index contributed by atoms with van der Waals surface area (Å²) in [5, 5.41) is 0. The molecule has 1 aliphatic heterocycles. The zero-order valence-electron chi connectivity index (χ0n) is 19.6. The first kappa shape index (κ1) is 22.4. The maximum absolute atomic E-state index is 11.2. The number of aldehydes is 1. The van der Waals surface area contributed by atoms with Crippen molar-refractivity contribution in [1.29, 1.82) is 0 Å². The van der Waals surface area contributed by atoms with Gasteiger partial charge in [0.25, 0.3) is 0 Å². The van der Waals surface area contributed by atoms with E-state index in [9.17, 15) is 4.79 Å². The minimum absolute atomic E-state index is 0.131. The van der Waals surface area contributed by atoms with Gasteiger partial charge in [0.05, 0.1) is 18.9 Å². The molecule has 1 saturated heterocycles. The lowest BCUT2D eigenvalue weighted by molar-refractivity contribution is -0.112. The predicted molar refractivity (Wildman–Crippen MR) is 132 cm³/mol. The Kier molecular flexibility index (Phi) is 6.47. The Balaban J connectivity index is 1.44. The van der Waals surface area contributed by atoms with Crippen LogP contribution in [0.25, 0.3) is 28.1 Å². The number of aryl methyl sites for hydroxylation is 1. The number of pyridine rings is 2. The number of hydrogen-bond acceptors (Lipinski definition) is 6. The van der Waals surface area contributed by atoms with Crippen LogP contribution < -0.4 is 0 Å². The zero-order valence-corrected chi connectivity index (χ0v) is 19.6. The van der Waals surface area contributed by atoms with Crippen LogP contribution in [0.1, 0.15) is 31.2 Å². The van der Waals surface area contributed by atoms with Gasteiger partial charge in [0.1, 0.15) is 17.6 Å². The average Bonchev–Trinajstić information content (AvgIpc) is 3.21. The van der Waals surface area contributed by atoms with Crippen molar-refractivity contribution >= 4 is 17.5 Å². The number of benzene rings is 1. The van der Waals surface area contributed by atoms with Crippen LogP contribution in [0.3, 0.4) is 0 Å². The van der Waals surface area contributed by atoms with Gasteiger partial charge in [-0.1, -0.05) is 19.1 Å². The predicted octanol–water partition coefficient (Wildman–Crippen LogP) is 4.36. The van der Waals surface area contributed by atoms with Gasteiger partial charge in [0.15, 0.2) is 5.65 Å². The Morgan fingerprint density at radius 1 is 1.00 bits per heavy atom. The van der Waals surface area contributed by atoms with Crippen molar-refractivity contribution in [2.45, 2.75) is 45.3 Å². The second-order valence-corrected chi connectivity index (χ2v) is 8.76. The molecule has 34 heavy (non-hydrogen) atoms. The number of aromatic nitrogens is 4. The molecule has 7 heteroatoms. The van der Waals surface area contributed by atoms with Crippen molar-refractivity contribution in [2.24, 2.45) is 0 Å². The topological polar surface area (TPSA) is 73.1 Å². The Morgan fingerprint density at radius 3 is 2.50 bits per heavy atom. The molecule has 0 aliphatic carbocycles. The van der Waals surface area contributed by atoms with Gasteiger partial charge in [-0.25, -0.2) is 9.97 Å². The van der Waals surface area contributed by atoms with Crippen LogP contribution >= 0.6 is 0 Å². The fourth-order valence-corrected chi connectivity index (χ4v) is 4.78. The molecule has 0 spiro atoms. The normalized spacial score (nSPS) is 18.9. The van der Waals surface area contributed by atoms with E-state index in [0.717, 1.165) is 59.8 Å². The number of imidazole rings is 1. The number of carbonyl (C=O) groups is 1. The quantitative estimate of drug-likeness (QED) is 0.386. The summed E-state index contributed by atoms with van der Waals surface area (Å²) in [6, 6.07) is 17.0. The molecule has 5 rings (SSSR count). The third-order valence-corrected chi connectivity index (χ3v) is 6.61. The van der Waals surface area contributed by atoms with E-state index in [0.29, 0.717) is 19.1 Å². The molecule has 2 unspecified atom stereocenters. The Bertz CT molecular complexity index is 1270. The molecule has 3 aromatic heterocycles. The molecule has 0 N–H and O–H groups in total. The third-order valence-electron chi connectivity index (χ3n) is 6.61. The number of fused-ring (bicyclic) bond motifs is 1. The van der Waals surface area contributed by atoms with E-state index >= 15 is 0 Å². The Hall–Kier alpha value is -3.42. The van der Waals surface area contributed by atoms with E-state index in [-0.39, 0.29) is 6.04 Å². The number of hydrogen-bond donors (Lipinski definition) is 0. The van der Waals surface area contributed by atoms with Gasteiger partial charge in [0, 0.05) is 48.7 Å². The summed E-state index contributed by atoms with van der Waals surface area (Å²) in [4.78, 5) is 27.4. The molecule has 1 aromatic carbocycles. The van der Waals surface area contributed by atoms with Gasteiger partial charge in [-0.3, -0.25) is 14.5 Å². The summed E-state index contributed by atoms with van der Waals surface area (Å²) in [6.45, 7) is 6.31. The van der Waals surface area contributed by atoms with Gasteiger partial charge in [-0.2, -0.15) is 0 Å². The van der Waals surface area contributed by atoms with Crippen LogP contribution in [0.5, 0.6) is 0 Å². The SMILES string of the molecule is CCC1COCC(CC=O)N1Cc1ccc(-n2c(C)nc3ccc(-c4ccncc4)nc32)cc1. The maximum Gasteiger partial charge on any atom is 0.165 e. The molecule has 2 atom stereocenters. The van der Waals surface area contributed by atoms with Crippen molar-refractivity contribution in [2.75, 3.05) is 13.2 Å². The van der Waals surface area contributed by atoms with Crippen LogP contribution in [-0.4, -0.2) is 56.0 Å². The first-order valence-electron chi connectivity index (χ1n) is 11.8. The first-order chi connectivity index (χ1) is 16.7. The third kappa shape index (κ3) is 4.36. The van der Waals surface area contributed by atoms with Gasteiger partial charge in [0.2, 0.25) is 0 Å². The number of rotatable bonds is 7. The molecular formula is C27H29N5O2. The zero-order chi connectivity index (χ0) is 23.5. The van der Waals surface area contributed by atoms with Crippen molar-refractivity contribution in [3.63, 3.8) is 0 Å². The Morgan fingerprint density at radius 2 is 1.76 bits per heavy atom. The van der Waals surface area contributed by atoms with Crippen molar-refractivity contribution in [3.05, 3.63) is 72.3 Å². The van der Waals surface area contributed by atoms with Gasteiger partial charge >= 0.3 is 0 Å². The molecule has 0 saturated carbocycles. The highest BCUT2D eigenvalue weighted by molar-refractivity contribution is 5.78. The number of carbonyl (C=O) groups excluding carboxylic acids is 1. The van der Waals surface area contributed by atoms with E-state index < -0.39 is 0 Å². The summed E-state index contributed by atoms with van der Waals surface area (Å²) in [6.07, 6.45) is 6.06. The lowest BCUT2D eigenvalue weighted by Crippen LogP contribution is -2.51. The average molecular weight is 456 g/mol. The monoisotopic (exact) mass is 455 g/mol. The van der Waals surface area contributed by atoms with Crippen LogP contribution in [0, 0.1) is 6.92 Å². The molecule has 0 radical (unpaired) electrons. The first-order valence-corrected chi connectivity index (χ1v) is 11.8. The second-order valence-electron chi connectivity index (χ2n) is 8.76. The Labute approximate surface area is 199 Å². The van der Waals surface area contributed by atoms with Crippen LogP contribution in [0.2, 0.25) is 0 Å². The van der Waals surface area contributed by atoms with E-state index in [1.807, 2.05) is 31.2 Å². The van der Waals surface area contributed by atoms with Crippen molar-refractivity contribution in [3.8, 4) is 16.9 Å². The highest BCUT2D eigenvalue weighted by Crippen LogP contribution is 2.26. The molecule has 4 aromatic rings. The van der Waals surface area contributed by atoms with Crippen LogP contribution in [0.15, 0.2) is 60.9 Å². The van der Waals surface area contributed by atoms with E-state index in [1.54, 1.807) is 12.4 Å². The lowest BCUT2D eigenvalue weighted by atomic mass is 10.0. The summed E-state index contributed by atoms with van der Waals surface area (Å²) in [5.74, 6) is 0.896. The fraction of sp³-hybridized carbons (Fsp3) is 0.333. The van der Waals surface area contributed by atoms with E-state index in [1.165, 1.54) is 5.56 Å². The summed E-state index contributed by atoms with van der Waals surface area (Å²) in [5.41, 5.74) is 5.87. The second kappa shape index (κ2) is 9.83. The highest BCUT2D eigenvalue weighted by atomic mass is 16.5. The van der Waals surface area contributed by atoms with Crippen molar-refractivity contribution < 1.29 is 9.53 Å². The highest BCUT2D eigenvalue weighted by Gasteiger charge is 2.30. The van der Waals surface area contributed by atoms with Crippen LogP contribution in [-0.2, 0) is 16.1 Å². The molecule has 4 heterocycles. The minimum Gasteiger partial charge on any atom is -0.378 e. The smallest absolute Gasteiger partial charge is 0.165 e. The number of nitrogens with zero attached hydrogens (tertiary/aromatic N) is 5. The fourth-order valence-electron chi connectivity index (χ4n) is 4.78. The van der Waals surface area contributed by atoms with Gasteiger partial charge in [-0.15, -0.1) is 0 Å². The van der Waals surface area contributed by atoms with Crippen molar-refractivity contribution in [1.82, 2.24) is 24.4 Å². The molecule has 0 amide bonds. The minimum atomic E-state index is 0.131. The molecular weight excluding hydrogens is 426 g/mol. The molecule has 0 bridgehead atoms. The number of morpholine rings is 1. The molecule has 1 fully saturated rings. The number of ether oxygens (including phenoxy) is 1. The van der Waals surface area contributed by atoms with Gasteiger partial charge in [-0.05, 0) is 55.3 Å². The summed E-state index contributed by atoms with van der Waals surface area (Å²) in [7, 11) is 0. The summed E-state index contributed by atoms with van der Waals surface area (Å²) >= 11 is 0. The molecule has 7 nitrogen and oxygen atoms in total. The molecule has 174 valence electrons. The maximum atomic E-state index is 11.2. The largest absolute Gasteiger partial charge is 0.378 e. The summed E-state index contributed by atoms with van der Waals surface area (Å²) < 4.78 is 7.85. The lowest BCUT2D eigenvalue weighted by Gasteiger charge is -2.41. The van der Waals surface area contributed by atoms with Gasteiger partial charge < -0.3 is 9.53 Å².